The number of nitrogens with one attached hydrogen (secondary N) is 2. The molecule has 0 rings (SSSR count). The summed E-state index contributed by atoms with van der Waals surface area (Å²) < 4.78 is 5.32. The van der Waals surface area contributed by atoms with E-state index in [1.807, 2.05) is 34.7 Å². The summed E-state index contributed by atoms with van der Waals surface area (Å²) in [5.74, 6) is -0.0690. The van der Waals surface area contributed by atoms with Crippen LogP contribution < -0.4 is 10.6 Å². The fraction of sp³-hybridized carbons (Fsp3) is 0.900. The Morgan fingerprint density at radius 3 is 2.43 bits per heavy atom. The third-order valence-electron chi connectivity index (χ3n) is 1.50. The first-order valence-corrected chi connectivity index (χ1v) is 4.92. The maximum Gasteiger partial charge on any atom is 0.246 e. The summed E-state index contributed by atoms with van der Waals surface area (Å²) in [6.07, 6.45) is 0.0609. The zero-order chi connectivity index (χ0) is 11.2. The lowest BCUT2D eigenvalue weighted by molar-refractivity contribution is -0.128. The molecule has 0 saturated heterocycles. The molecule has 0 spiro atoms. The number of hydrogen-bond donors (Lipinski definition) is 2. The summed E-state index contributed by atoms with van der Waals surface area (Å²) in [5, 5.41) is 5.81. The third kappa shape index (κ3) is 8.01. The molecule has 0 radical (unpaired) electrons. The number of carbonyl (C=O) groups is 1. The highest BCUT2D eigenvalue weighted by Crippen LogP contribution is 1.98. The monoisotopic (exact) mass is 202 g/mol. The van der Waals surface area contributed by atoms with Crippen LogP contribution >= 0.6 is 0 Å². The van der Waals surface area contributed by atoms with Crippen molar-refractivity contribution < 1.29 is 9.53 Å². The highest BCUT2D eigenvalue weighted by atomic mass is 16.5. The van der Waals surface area contributed by atoms with E-state index in [1.54, 1.807) is 0 Å². The Bertz CT molecular complexity index is 175. The van der Waals surface area contributed by atoms with Gasteiger partial charge in [-0.25, -0.2) is 0 Å². The van der Waals surface area contributed by atoms with E-state index in [9.17, 15) is 4.79 Å². The van der Waals surface area contributed by atoms with Gasteiger partial charge in [0, 0.05) is 12.1 Å². The molecule has 2 N–H and O–H groups in total. The first-order valence-electron chi connectivity index (χ1n) is 4.92. The maximum atomic E-state index is 11.3. The van der Waals surface area contributed by atoms with E-state index in [2.05, 4.69) is 10.6 Å². The summed E-state index contributed by atoms with van der Waals surface area (Å²) in [4.78, 5) is 11.3. The molecule has 1 atom stereocenters. The van der Waals surface area contributed by atoms with Crippen LogP contribution in [0.15, 0.2) is 0 Å². The molecule has 0 aliphatic rings. The van der Waals surface area contributed by atoms with E-state index in [-0.39, 0.29) is 24.2 Å². The predicted molar refractivity (Wildman–Crippen MR) is 57.2 cm³/mol. The van der Waals surface area contributed by atoms with Gasteiger partial charge in [0.25, 0.3) is 0 Å². The molecule has 0 aromatic heterocycles. The first kappa shape index (κ1) is 13.4. The molecule has 0 aromatic carbocycles. The summed E-state index contributed by atoms with van der Waals surface area (Å²) >= 11 is 0. The zero-order valence-corrected chi connectivity index (χ0v) is 9.81. The van der Waals surface area contributed by atoms with Crippen LogP contribution in [0.25, 0.3) is 0 Å². The van der Waals surface area contributed by atoms with Gasteiger partial charge in [-0.2, -0.15) is 0 Å². The standard InChI is InChI=1S/C10H22N2O2/c1-8(6-11-5)14-7-9(13)12-10(2,3)4/h8,11H,6-7H2,1-5H3,(H,12,13). The number of hydrogen-bond acceptors (Lipinski definition) is 3. The quantitative estimate of drug-likeness (QED) is 0.683. The number of amides is 1. The molecule has 1 amide bonds. The van der Waals surface area contributed by atoms with Crippen molar-refractivity contribution in [1.29, 1.82) is 0 Å². The lowest BCUT2D eigenvalue weighted by Gasteiger charge is -2.21. The average molecular weight is 202 g/mol. The van der Waals surface area contributed by atoms with Gasteiger partial charge in [-0.15, -0.1) is 0 Å². The molecular formula is C10H22N2O2. The van der Waals surface area contributed by atoms with Gasteiger partial charge in [0.15, 0.2) is 0 Å². The first-order chi connectivity index (χ1) is 6.35. The van der Waals surface area contributed by atoms with Gasteiger partial charge in [0.05, 0.1) is 6.10 Å². The van der Waals surface area contributed by atoms with E-state index in [0.717, 1.165) is 6.54 Å². The van der Waals surface area contributed by atoms with Gasteiger partial charge >= 0.3 is 0 Å². The second-order valence-electron chi connectivity index (χ2n) is 4.48. The second-order valence-corrected chi connectivity index (χ2v) is 4.48. The van der Waals surface area contributed by atoms with Crippen molar-refractivity contribution in [3.8, 4) is 0 Å². The van der Waals surface area contributed by atoms with Crippen molar-refractivity contribution in [1.82, 2.24) is 10.6 Å². The van der Waals surface area contributed by atoms with Crippen LogP contribution in [0, 0.1) is 0 Å². The smallest absolute Gasteiger partial charge is 0.246 e. The minimum atomic E-state index is -0.188. The van der Waals surface area contributed by atoms with Crippen molar-refractivity contribution >= 4 is 5.91 Å². The highest BCUT2D eigenvalue weighted by Gasteiger charge is 2.14. The molecule has 0 aliphatic carbocycles. The van der Waals surface area contributed by atoms with Crippen LogP contribution in [0.5, 0.6) is 0 Å². The third-order valence-corrected chi connectivity index (χ3v) is 1.50. The second kappa shape index (κ2) is 5.98. The van der Waals surface area contributed by atoms with Crippen molar-refractivity contribution in [2.75, 3.05) is 20.2 Å². The summed E-state index contributed by atoms with van der Waals surface area (Å²) in [5.41, 5.74) is -0.188. The van der Waals surface area contributed by atoms with Crippen LogP contribution in [0.3, 0.4) is 0 Å². The van der Waals surface area contributed by atoms with E-state index in [1.165, 1.54) is 0 Å². The minimum absolute atomic E-state index is 0.0609. The number of carbonyl (C=O) groups excluding carboxylic acids is 1. The van der Waals surface area contributed by atoms with E-state index in [0.29, 0.717) is 0 Å². The highest BCUT2D eigenvalue weighted by molar-refractivity contribution is 5.77. The lowest BCUT2D eigenvalue weighted by atomic mass is 10.1. The number of rotatable bonds is 5. The Hall–Kier alpha value is -0.610. The zero-order valence-electron chi connectivity index (χ0n) is 9.81. The Balaban J connectivity index is 3.64. The van der Waals surface area contributed by atoms with Crippen LogP contribution in [0.2, 0.25) is 0 Å². The largest absolute Gasteiger partial charge is 0.367 e. The topological polar surface area (TPSA) is 50.4 Å². The molecule has 0 fully saturated rings. The normalized spacial score (nSPS) is 13.8. The molecular weight excluding hydrogens is 180 g/mol. The SMILES string of the molecule is CNCC(C)OCC(=O)NC(C)(C)C. The van der Waals surface area contributed by atoms with Gasteiger partial charge in [-0.05, 0) is 34.7 Å². The van der Waals surface area contributed by atoms with Gasteiger partial charge in [-0.1, -0.05) is 0 Å². The Kier molecular flexibility index (Phi) is 5.72. The molecule has 84 valence electrons. The summed E-state index contributed by atoms with van der Waals surface area (Å²) in [6, 6.07) is 0. The number of likely N-dealkylation sites (N-methyl/N-ethyl adjacent to an activating group) is 1. The summed E-state index contributed by atoms with van der Waals surface area (Å²) in [7, 11) is 1.86. The van der Waals surface area contributed by atoms with Crippen LogP contribution in [0.4, 0.5) is 0 Å². The van der Waals surface area contributed by atoms with Gasteiger partial charge in [-0.3, -0.25) is 4.79 Å². The summed E-state index contributed by atoms with van der Waals surface area (Å²) in [6.45, 7) is 8.65. The van der Waals surface area contributed by atoms with Crippen LogP contribution in [-0.4, -0.2) is 37.7 Å². The maximum absolute atomic E-state index is 11.3. The fourth-order valence-electron chi connectivity index (χ4n) is 1.02. The van der Waals surface area contributed by atoms with Crippen LogP contribution in [-0.2, 0) is 9.53 Å². The van der Waals surface area contributed by atoms with Gasteiger partial charge in [0.2, 0.25) is 5.91 Å². The predicted octanol–water partition coefficient (Wildman–Crippen LogP) is 0.526. The molecule has 4 nitrogen and oxygen atoms in total. The van der Waals surface area contributed by atoms with E-state index in [4.69, 9.17) is 4.74 Å². The molecule has 0 saturated carbocycles. The average Bonchev–Trinajstić information content (AvgIpc) is 1.98. The lowest BCUT2D eigenvalue weighted by Crippen LogP contribution is -2.43. The molecule has 1 unspecified atom stereocenters. The van der Waals surface area contributed by atoms with Crippen molar-refractivity contribution in [2.24, 2.45) is 0 Å². The van der Waals surface area contributed by atoms with Crippen molar-refractivity contribution in [2.45, 2.75) is 39.3 Å². The molecule has 0 bridgehead atoms. The van der Waals surface area contributed by atoms with Gasteiger partial charge in [0.1, 0.15) is 6.61 Å². The Labute approximate surface area is 86.4 Å². The molecule has 4 heteroatoms. The van der Waals surface area contributed by atoms with Crippen molar-refractivity contribution in [3.63, 3.8) is 0 Å². The minimum Gasteiger partial charge on any atom is -0.367 e. The fourth-order valence-corrected chi connectivity index (χ4v) is 1.02. The van der Waals surface area contributed by atoms with E-state index < -0.39 is 0 Å². The molecule has 0 heterocycles. The molecule has 0 aliphatic heterocycles. The van der Waals surface area contributed by atoms with Crippen LogP contribution in [0.1, 0.15) is 27.7 Å². The van der Waals surface area contributed by atoms with Gasteiger partial charge < -0.3 is 15.4 Å². The Morgan fingerprint density at radius 1 is 1.43 bits per heavy atom. The molecule has 0 aromatic rings. The van der Waals surface area contributed by atoms with Crippen molar-refractivity contribution in [3.05, 3.63) is 0 Å². The Morgan fingerprint density at radius 2 is 2.00 bits per heavy atom. The number of ether oxygens (including phenoxy) is 1. The van der Waals surface area contributed by atoms with E-state index >= 15 is 0 Å². The molecule has 14 heavy (non-hydrogen) atoms.